The standard InChI is InChI=1S/C20H31N3O2/c1-2-21-20(22-10-6-11-24-15-18-8-5-12-25-18)23-14-17-13-16-7-3-4-9-19(16)17/h3-4,7,9,17-18H,2,5-6,8,10-15H2,1H3,(H2,21,22,23). The van der Waals surface area contributed by atoms with Crippen LogP contribution in [0.2, 0.25) is 0 Å². The molecule has 138 valence electrons. The smallest absolute Gasteiger partial charge is 0.191 e. The van der Waals surface area contributed by atoms with Crippen LogP contribution in [0.4, 0.5) is 0 Å². The highest BCUT2D eigenvalue weighted by molar-refractivity contribution is 5.79. The van der Waals surface area contributed by atoms with Crippen LogP contribution in [0, 0.1) is 0 Å². The molecule has 5 nitrogen and oxygen atoms in total. The Labute approximate surface area is 151 Å². The van der Waals surface area contributed by atoms with Gasteiger partial charge in [-0.15, -0.1) is 0 Å². The summed E-state index contributed by atoms with van der Waals surface area (Å²) in [4.78, 5) is 4.75. The quantitative estimate of drug-likeness (QED) is 0.410. The van der Waals surface area contributed by atoms with Crippen LogP contribution in [-0.4, -0.2) is 51.5 Å². The molecule has 5 heteroatoms. The maximum atomic E-state index is 5.70. The van der Waals surface area contributed by atoms with E-state index < -0.39 is 0 Å². The number of ether oxygens (including phenoxy) is 2. The summed E-state index contributed by atoms with van der Waals surface area (Å²) >= 11 is 0. The van der Waals surface area contributed by atoms with Crippen molar-refractivity contribution < 1.29 is 9.47 Å². The molecule has 3 rings (SSSR count). The van der Waals surface area contributed by atoms with Gasteiger partial charge < -0.3 is 20.1 Å². The maximum Gasteiger partial charge on any atom is 0.191 e. The number of aliphatic imine (C=N–C) groups is 1. The Kier molecular flexibility index (Phi) is 7.12. The van der Waals surface area contributed by atoms with E-state index >= 15 is 0 Å². The van der Waals surface area contributed by atoms with Crippen molar-refractivity contribution in [2.75, 3.05) is 39.5 Å². The van der Waals surface area contributed by atoms with E-state index in [9.17, 15) is 0 Å². The Bertz CT molecular complexity index is 556. The molecule has 2 atom stereocenters. The number of guanidine groups is 1. The van der Waals surface area contributed by atoms with Gasteiger partial charge in [0.1, 0.15) is 0 Å². The predicted molar refractivity (Wildman–Crippen MR) is 101 cm³/mol. The van der Waals surface area contributed by atoms with Crippen molar-refractivity contribution >= 4 is 5.96 Å². The molecule has 25 heavy (non-hydrogen) atoms. The SMILES string of the molecule is CCNC(=NCC1Cc2ccccc21)NCCCOCC1CCCO1. The molecule has 1 aromatic rings. The first-order chi connectivity index (χ1) is 12.4. The Morgan fingerprint density at radius 1 is 1.32 bits per heavy atom. The van der Waals surface area contributed by atoms with E-state index in [4.69, 9.17) is 14.5 Å². The second-order valence-corrected chi connectivity index (χ2v) is 6.81. The fourth-order valence-electron chi connectivity index (χ4n) is 3.44. The van der Waals surface area contributed by atoms with Crippen molar-refractivity contribution in [3.8, 4) is 0 Å². The molecule has 2 unspecified atom stereocenters. The van der Waals surface area contributed by atoms with E-state index in [0.29, 0.717) is 12.0 Å². The van der Waals surface area contributed by atoms with Gasteiger partial charge in [-0.2, -0.15) is 0 Å². The van der Waals surface area contributed by atoms with E-state index in [1.807, 2.05) is 0 Å². The lowest BCUT2D eigenvalue weighted by molar-refractivity contribution is 0.0168. The number of rotatable bonds is 9. The summed E-state index contributed by atoms with van der Waals surface area (Å²) in [6.07, 6.45) is 4.75. The highest BCUT2D eigenvalue weighted by Crippen LogP contribution is 2.34. The minimum Gasteiger partial charge on any atom is -0.379 e. The Hall–Kier alpha value is -1.59. The number of benzene rings is 1. The molecule has 0 aromatic heterocycles. The van der Waals surface area contributed by atoms with Crippen molar-refractivity contribution in [3.05, 3.63) is 35.4 Å². The van der Waals surface area contributed by atoms with E-state index in [-0.39, 0.29) is 0 Å². The highest BCUT2D eigenvalue weighted by atomic mass is 16.5. The summed E-state index contributed by atoms with van der Waals surface area (Å²) in [6.45, 7) is 7.09. The molecule has 1 aliphatic heterocycles. The van der Waals surface area contributed by atoms with Crippen LogP contribution in [0.5, 0.6) is 0 Å². The summed E-state index contributed by atoms with van der Waals surface area (Å²) < 4.78 is 11.3. The van der Waals surface area contributed by atoms with Gasteiger partial charge in [0.2, 0.25) is 0 Å². The van der Waals surface area contributed by atoms with Gasteiger partial charge in [-0.25, -0.2) is 0 Å². The fourth-order valence-corrected chi connectivity index (χ4v) is 3.44. The third-order valence-corrected chi connectivity index (χ3v) is 4.86. The van der Waals surface area contributed by atoms with E-state index in [2.05, 4.69) is 41.8 Å². The zero-order chi connectivity index (χ0) is 17.3. The minimum absolute atomic E-state index is 0.317. The van der Waals surface area contributed by atoms with Crippen LogP contribution in [-0.2, 0) is 15.9 Å². The molecule has 1 aromatic carbocycles. The van der Waals surface area contributed by atoms with Crippen molar-refractivity contribution in [2.24, 2.45) is 4.99 Å². The molecule has 0 radical (unpaired) electrons. The molecule has 0 spiro atoms. The molecule has 2 aliphatic rings. The van der Waals surface area contributed by atoms with Gasteiger partial charge in [0.25, 0.3) is 0 Å². The number of fused-ring (bicyclic) bond motifs is 1. The third-order valence-electron chi connectivity index (χ3n) is 4.86. The van der Waals surface area contributed by atoms with E-state index in [1.54, 1.807) is 0 Å². The summed E-state index contributed by atoms with van der Waals surface area (Å²) in [5.41, 5.74) is 2.94. The average molecular weight is 345 g/mol. The zero-order valence-electron chi connectivity index (χ0n) is 15.3. The second kappa shape index (κ2) is 9.78. The summed E-state index contributed by atoms with van der Waals surface area (Å²) in [7, 11) is 0. The van der Waals surface area contributed by atoms with Crippen LogP contribution in [0.1, 0.15) is 43.2 Å². The van der Waals surface area contributed by atoms with Gasteiger partial charge in [0.05, 0.1) is 12.7 Å². The lowest BCUT2D eigenvalue weighted by atomic mass is 9.78. The Morgan fingerprint density at radius 2 is 2.24 bits per heavy atom. The summed E-state index contributed by atoms with van der Waals surface area (Å²) in [5, 5.41) is 6.73. The molecule has 0 bridgehead atoms. The average Bonchev–Trinajstić information content (AvgIpc) is 3.12. The van der Waals surface area contributed by atoms with Gasteiger partial charge >= 0.3 is 0 Å². The molecule has 1 saturated heterocycles. The molecule has 2 N–H and O–H groups in total. The molecule has 0 saturated carbocycles. The molecular weight excluding hydrogens is 314 g/mol. The van der Waals surface area contributed by atoms with Crippen molar-refractivity contribution in [1.82, 2.24) is 10.6 Å². The van der Waals surface area contributed by atoms with Crippen LogP contribution in [0.3, 0.4) is 0 Å². The first-order valence-corrected chi connectivity index (χ1v) is 9.66. The molecular formula is C20H31N3O2. The number of hydrogen-bond acceptors (Lipinski definition) is 3. The Balaban J connectivity index is 1.32. The first kappa shape index (κ1) is 18.2. The molecule has 0 amide bonds. The monoisotopic (exact) mass is 345 g/mol. The van der Waals surface area contributed by atoms with Gasteiger partial charge in [-0.05, 0) is 43.7 Å². The number of nitrogens with zero attached hydrogens (tertiary/aromatic N) is 1. The van der Waals surface area contributed by atoms with Crippen molar-refractivity contribution in [3.63, 3.8) is 0 Å². The van der Waals surface area contributed by atoms with Crippen LogP contribution in [0.25, 0.3) is 0 Å². The topological polar surface area (TPSA) is 54.9 Å². The Morgan fingerprint density at radius 3 is 3.04 bits per heavy atom. The number of nitrogens with one attached hydrogen (secondary N) is 2. The number of hydrogen-bond donors (Lipinski definition) is 2. The third kappa shape index (κ3) is 5.44. The molecule has 1 fully saturated rings. The van der Waals surface area contributed by atoms with E-state index in [1.165, 1.54) is 17.5 Å². The first-order valence-electron chi connectivity index (χ1n) is 9.66. The summed E-state index contributed by atoms with van der Waals surface area (Å²) in [6, 6.07) is 8.68. The lowest BCUT2D eigenvalue weighted by Crippen LogP contribution is -2.38. The second-order valence-electron chi connectivity index (χ2n) is 6.81. The minimum atomic E-state index is 0.317. The van der Waals surface area contributed by atoms with E-state index in [0.717, 1.165) is 64.7 Å². The van der Waals surface area contributed by atoms with Gasteiger partial charge in [0.15, 0.2) is 5.96 Å². The summed E-state index contributed by atoms with van der Waals surface area (Å²) in [5.74, 6) is 1.48. The van der Waals surface area contributed by atoms with Gasteiger partial charge in [-0.3, -0.25) is 4.99 Å². The largest absolute Gasteiger partial charge is 0.379 e. The van der Waals surface area contributed by atoms with Crippen LogP contribution >= 0.6 is 0 Å². The fraction of sp³-hybridized carbons (Fsp3) is 0.650. The van der Waals surface area contributed by atoms with Crippen molar-refractivity contribution in [2.45, 2.75) is 44.6 Å². The predicted octanol–water partition coefficient (Wildman–Crippen LogP) is 2.47. The lowest BCUT2D eigenvalue weighted by Gasteiger charge is -2.28. The van der Waals surface area contributed by atoms with Crippen molar-refractivity contribution in [1.29, 1.82) is 0 Å². The highest BCUT2D eigenvalue weighted by Gasteiger charge is 2.24. The van der Waals surface area contributed by atoms with Gasteiger partial charge in [-0.1, -0.05) is 24.3 Å². The maximum absolute atomic E-state index is 5.70. The van der Waals surface area contributed by atoms with Crippen LogP contribution in [0.15, 0.2) is 29.3 Å². The van der Waals surface area contributed by atoms with Crippen LogP contribution < -0.4 is 10.6 Å². The normalized spacial score (nSPS) is 22.4. The zero-order valence-corrected chi connectivity index (χ0v) is 15.3. The molecule has 1 heterocycles. The molecule has 1 aliphatic carbocycles. The van der Waals surface area contributed by atoms with Gasteiger partial charge in [0, 0.05) is 38.8 Å².